The van der Waals surface area contributed by atoms with Crippen LogP contribution in [0.15, 0.2) is 48.5 Å². The third kappa shape index (κ3) is 5.59. The number of carbonyl (C=O) groups excluding carboxylic acids is 3. The number of Topliss-reactive ketones (excluding diaryl/α,β-unsaturated/α-hetero) is 1. The molecular formula is C21H19ClO5S. The molecule has 0 N–H and O–H groups in total. The van der Waals surface area contributed by atoms with Crippen LogP contribution in [-0.4, -0.2) is 28.7 Å². The maximum Gasteiger partial charge on any atom is 0.303 e. The SMILES string of the molecule is CC(=O)O[C@H](COc1ccc(CC2SC(=O)CC2=O)cc1)c1cccc(Cl)c1. The van der Waals surface area contributed by atoms with Crippen molar-refractivity contribution in [3.05, 3.63) is 64.7 Å². The molecule has 0 aromatic heterocycles. The van der Waals surface area contributed by atoms with Crippen LogP contribution >= 0.6 is 23.4 Å². The number of hydrogen-bond donors (Lipinski definition) is 0. The van der Waals surface area contributed by atoms with Crippen LogP contribution in [0.4, 0.5) is 0 Å². The van der Waals surface area contributed by atoms with Gasteiger partial charge in [0.05, 0.1) is 11.7 Å². The van der Waals surface area contributed by atoms with E-state index in [9.17, 15) is 14.4 Å². The zero-order chi connectivity index (χ0) is 20.1. The molecule has 1 saturated heterocycles. The molecule has 1 fully saturated rings. The van der Waals surface area contributed by atoms with E-state index < -0.39 is 12.1 Å². The first-order valence-corrected chi connectivity index (χ1v) is 10.0. The third-order valence-electron chi connectivity index (χ3n) is 4.23. The number of ketones is 1. The Bertz CT molecular complexity index is 881. The molecule has 2 atom stereocenters. The standard InChI is InChI=1S/C21H19ClO5S/c1-13(23)27-19(15-3-2-4-16(22)10-15)12-26-17-7-5-14(6-8-17)9-20-18(24)11-21(25)28-20/h2-8,10,19-20H,9,11-12H2,1H3/t19-,20?/m1/s1. The number of halogens is 1. The molecule has 2 aromatic carbocycles. The summed E-state index contributed by atoms with van der Waals surface area (Å²) in [6.45, 7) is 1.49. The highest BCUT2D eigenvalue weighted by Crippen LogP contribution is 2.28. The van der Waals surface area contributed by atoms with Crippen molar-refractivity contribution in [3.8, 4) is 5.75 Å². The number of ether oxygens (including phenoxy) is 2. The van der Waals surface area contributed by atoms with E-state index in [-0.39, 0.29) is 29.2 Å². The molecule has 0 amide bonds. The molecule has 28 heavy (non-hydrogen) atoms. The Hall–Kier alpha value is -2.31. The minimum absolute atomic E-state index is 0.0129. The molecular weight excluding hydrogens is 400 g/mol. The quantitative estimate of drug-likeness (QED) is 0.496. The number of rotatable bonds is 7. The Labute approximate surface area is 172 Å². The summed E-state index contributed by atoms with van der Waals surface area (Å²) < 4.78 is 11.1. The first kappa shape index (κ1) is 20.4. The monoisotopic (exact) mass is 418 g/mol. The van der Waals surface area contributed by atoms with Gasteiger partial charge >= 0.3 is 5.97 Å². The average molecular weight is 419 g/mol. The first-order valence-electron chi connectivity index (χ1n) is 8.77. The second-order valence-electron chi connectivity index (χ2n) is 6.43. The van der Waals surface area contributed by atoms with Crippen molar-refractivity contribution >= 4 is 40.2 Å². The number of thioether (sulfide) groups is 1. The van der Waals surface area contributed by atoms with Gasteiger partial charge in [0, 0.05) is 11.9 Å². The number of carbonyl (C=O) groups is 3. The van der Waals surface area contributed by atoms with Crippen LogP contribution in [0.3, 0.4) is 0 Å². The Balaban J connectivity index is 1.61. The van der Waals surface area contributed by atoms with Gasteiger partial charge in [-0.2, -0.15) is 0 Å². The Morgan fingerprint density at radius 1 is 1.21 bits per heavy atom. The lowest BCUT2D eigenvalue weighted by molar-refractivity contribution is -0.148. The van der Waals surface area contributed by atoms with Crippen molar-refractivity contribution in [2.45, 2.75) is 31.1 Å². The molecule has 3 rings (SSSR count). The lowest BCUT2D eigenvalue weighted by atomic mass is 10.1. The summed E-state index contributed by atoms with van der Waals surface area (Å²) >= 11 is 7.13. The highest BCUT2D eigenvalue weighted by molar-refractivity contribution is 8.15. The van der Waals surface area contributed by atoms with Gasteiger partial charge < -0.3 is 9.47 Å². The number of benzene rings is 2. The second kappa shape index (κ2) is 9.26. The Morgan fingerprint density at radius 2 is 1.96 bits per heavy atom. The Morgan fingerprint density at radius 3 is 2.57 bits per heavy atom. The maximum atomic E-state index is 11.8. The third-order valence-corrected chi connectivity index (χ3v) is 5.58. The van der Waals surface area contributed by atoms with Gasteiger partial charge in [-0.3, -0.25) is 14.4 Å². The van der Waals surface area contributed by atoms with Crippen LogP contribution < -0.4 is 4.74 Å². The van der Waals surface area contributed by atoms with E-state index in [4.69, 9.17) is 21.1 Å². The normalized spacial score (nSPS) is 17.4. The van der Waals surface area contributed by atoms with Crippen LogP contribution in [0.2, 0.25) is 5.02 Å². The summed E-state index contributed by atoms with van der Waals surface area (Å²) in [6.07, 6.45) is -0.0273. The van der Waals surface area contributed by atoms with Gasteiger partial charge in [0.2, 0.25) is 0 Å². The van der Waals surface area contributed by atoms with Gasteiger partial charge in [0.1, 0.15) is 12.4 Å². The largest absolute Gasteiger partial charge is 0.489 e. The van der Waals surface area contributed by atoms with Gasteiger partial charge in [-0.1, -0.05) is 47.6 Å². The van der Waals surface area contributed by atoms with Crippen LogP contribution in [0, 0.1) is 0 Å². The van der Waals surface area contributed by atoms with E-state index in [1.54, 1.807) is 30.3 Å². The molecule has 0 spiro atoms. The van der Waals surface area contributed by atoms with E-state index >= 15 is 0 Å². The number of hydrogen-bond acceptors (Lipinski definition) is 6. The van der Waals surface area contributed by atoms with Crippen LogP contribution in [0.5, 0.6) is 5.75 Å². The summed E-state index contributed by atoms with van der Waals surface area (Å²) in [5.41, 5.74) is 1.71. The lowest BCUT2D eigenvalue weighted by Gasteiger charge is -2.18. The van der Waals surface area contributed by atoms with Gasteiger partial charge in [-0.15, -0.1) is 0 Å². The molecule has 1 heterocycles. The molecule has 0 saturated carbocycles. The molecule has 2 aromatic rings. The summed E-state index contributed by atoms with van der Waals surface area (Å²) in [5.74, 6) is 0.197. The van der Waals surface area contributed by atoms with E-state index in [1.165, 1.54) is 6.92 Å². The van der Waals surface area contributed by atoms with E-state index in [0.29, 0.717) is 17.2 Å². The zero-order valence-corrected chi connectivity index (χ0v) is 16.8. The molecule has 1 aliphatic rings. The van der Waals surface area contributed by atoms with Crippen molar-refractivity contribution in [2.75, 3.05) is 6.61 Å². The fraction of sp³-hybridized carbons (Fsp3) is 0.286. The number of esters is 1. The van der Waals surface area contributed by atoms with Crippen molar-refractivity contribution in [1.82, 2.24) is 0 Å². The summed E-state index contributed by atoms with van der Waals surface area (Å²) in [7, 11) is 0. The first-order chi connectivity index (χ1) is 13.4. The molecule has 146 valence electrons. The molecule has 7 heteroatoms. The van der Waals surface area contributed by atoms with Gasteiger partial charge in [0.15, 0.2) is 17.0 Å². The highest BCUT2D eigenvalue weighted by Gasteiger charge is 2.31. The smallest absolute Gasteiger partial charge is 0.303 e. The maximum absolute atomic E-state index is 11.8. The van der Waals surface area contributed by atoms with Gasteiger partial charge in [0.25, 0.3) is 0 Å². The lowest BCUT2D eigenvalue weighted by Crippen LogP contribution is -2.16. The minimum atomic E-state index is -0.575. The van der Waals surface area contributed by atoms with Crippen molar-refractivity contribution in [1.29, 1.82) is 0 Å². The summed E-state index contributed by atoms with van der Waals surface area (Å²) in [5, 5.41) is 0.194. The molecule has 0 radical (unpaired) electrons. The van der Waals surface area contributed by atoms with E-state index in [0.717, 1.165) is 22.9 Å². The summed E-state index contributed by atoms with van der Waals surface area (Å²) in [6, 6.07) is 14.4. The molecule has 0 aliphatic carbocycles. The molecule has 5 nitrogen and oxygen atoms in total. The van der Waals surface area contributed by atoms with Gasteiger partial charge in [-0.25, -0.2) is 0 Å². The fourth-order valence-electron chi connectivity index (χ4n) is 2.89. The van der Waals surface area contributed by atoms with E-state index in [2.05, 4.69) is 0 Å². The minimum Gasteiger partial charge on any atom is -0.489 e. The fourth-order valence-corrected chi connectivity index (χ4v) is 4.12. The predicted octanol–water partition coefficient (Wildman–Crippen LogP) is 4.17. The highest BCUT2D eigenvalue weighted by atomic mass is 35.5. The van der Waals surface area contributed by atoms with Crippen molar-refractivity contribution in [3.63, 3.8) is 0 Å². The van der Waals surface area contributed by atoms with Gasteiger partial charge in [-0.05, 0) is 41.8 Å². The molecule has 1 unspecified atom stereocenters. The van der Waals surface area contributed by atoms with E-state index in [1.807, 2.05) is 18.2 Å². The average Bonchev–Trinajstić information content (AvgIpc) is 2.96. The van der Waals surface area contributed by atoms with Crippen molar-refractivity contribution < 1.29 is 23.9 Å². The molecule has 0 bridgehead atoms. The predicted molar refractivity (Wildman–Crippen MR) is 108 cm³/mol. The zero-order valence-electron chi connectivity index (χ0n) is 15.2. The topological polar surface area (TPSA) is 69.7 Å². The molecule has 1 aliphatic heterocycles. The second-order valence-corrected chi connectivity index (χ2v) is 8.13. The van der Waals surface area contributed by atoms with Crippen LogP contribution in [0.25, 0.3) is 0 Å². The summed E-state index contributed by atoms with van der Waals surface area (Å²) in [4.78, 5) is 34.5. The van der Waals surface area contributed by atoms with Crippen LogP contribution in [0.1, 0.15) is 30.6 Å². The Kier molecular flexibility index (Phi) is 6.75. The van der Waals surface area contributed by atoms with Crippen LogP contribution in [-0.2, 0) is 25.5 Å². The van der Waals surface area contributed by atoms with Crippen molar-refractivity contribution in [2.24, 2.45) is 0 Å².